The number of carbonyl (C=O) groups is 1. The molecule has 0 aliphatic carbocycles. The average molecular weight is 402 g/mol. The summed E-state index contributed by atoms with van der Waals surface area (Å²) in [5, 5.41) is 0. The summed E-state index contributed by atoms with van der Waals surface area (Å²) >= 11 is 0. The maximum atomic E-state index is 13.2. The van der Waals surface area contributed by atoms with Crippen LogP contribution in [-0.2, 0) is 0 Å². The number of pyridine rings is 1. The first-order valence-electron chi connectivity index (χ1n) is 10.3. The average Bonchev–Trinajstić information content (AvgIpc) is 2.79. The van der Waals surface area contributed by atoms with Crippen molar-refractivity contribution in [3.63, 3.8) is 0 Å². The molecule has 1 saturated heterocycles. The highest BCUT2D eigenvalue weighted by atomic mass is 16.2. The van der Waals surface area contributed by atoms with Crippen LogP contribution in [0.1, 0.15) is 40.6 Å². The Kier molecular flexibility index (Phi) is 5.74. The minimum absolute atomic E-state index is 0.0845. The van der Waals surface area contributed by atoms with Crippen molar-refractivity contribution >= 4 is 11.6 Å². The third kappa shape index (κ3) is 4.17. The smallest absolute Gasteiger partial charge is 0.253 e. The molecule has 0 spiro atoms. The van der Waals surface area contributed by atoms with Crippen molar-refractivity contribution in [1.82, 2.24) is 19.9 Å². The molecule has 0 unspecified atom stereocenters. The Morgan fingerprint density at radius 2 is 1.83 bits per heavy atom. The monoisotopic (exact) mass is 401 g/mol. The molecule has 1 amide bonds. The maximum Gasteiger partial charge on any atom is 0.253 e. The topological polar surface area (TPSA) is 62.2 Å². The molecule has 2 aromatic heterocycles. The van der Waals surface area contributed by atoms with Gasteiger partial charge in [-0.15, -0.1) is 0 Å². The molecule has 1 aliphatic rings. The van der Waals surface area contributed by atoms with E-state index in [1.54, 1.807) is 12.4 Å². The van der Waals surface area contributed by atoms with Crippen LogP contribution >= 0.6 is 0 Å². The van der Waals surface area contributed by atoms with E-state index in [-0.39, 0.29) is 11.8 Å². The van der Waals surface area contributed by atoms with Gasteiger partial charge >= 0.3 is 0 Å². The van der Waals surface area contributed by atoms with E-state index in [0.29, 0.717) is 6.54 Å². The fourth-order valence-electron chi connectivity index (χ4n) is 4.02. The third-order valence-electron chi connectivity index (χ3n) is 5.66. The molecular formula is C24H27N5O. The summed E-state index contributed by atoms with van der Waals surface area (Å²) in [4.78, 5) is 30.5. The number of carbonyl (C=O) groups excluding carboxylic acids is 1. The molecule has 3 heterocycles. The lowest BCUT2D eigenvalue weighted by atomic mass is 9.89. The number of aryl methyl sites for hydroxylation is 1. The van der Waals surface area contributed by atoms with Gasteiger partial charge < -0.3 is 9.80 Å². The minimum Gasteiger partial charge on any atom is -0.378 e. The highest BCUT2D eigenvalue weighted by Crippen LogP contribution is 2.33. The summed E-state index contributed by atoms with van der Waals surface area (Å²) in [5.41, 5.74) is 4.92. The molecule has 1 aromatic carbocycles. The summed E-state index contributed by atoms with van der Waals surface area (Å²) in [7, 11) is 3.99. The van der Waals surface area contributed by atoms with Crippen LogP contribution < -0.4 is 4.90 Å². The van der Waals surface area contributed by atoms with Gasteiger partial charge in [0.1, 0.15) is 5.82 Å². The van der Waals surface area contributed by atoms with Gasteiger partial charge in [0.25, 0.3) is 5.91 Å². The predicted octanol–water partition coefficient (Wildman–Crippen LogP) is 3.93. The van der Waals surface area contributed by atoms with Gasteiger partial charge in [-0.3, -0.25) is 9.78 Å². The standard InChI is InChI=1S/C24H27N5O/c1-17-26-15-22(18-10-12-25-13-11-18)23(27-17)20-5-4-14-29(16-20)24(30)19-6-8-21(9-7-19)28(2)3/h6-13,15,20H,4-5,14,16H2,1-3H3/t20-/m0/s1. The van der Waals surface area contributed by atoms with E-state index >= 15 is 0 Å². The molecular weight excluding hydrogens is 374 g/mol. The Bertz CT molecular complexity index is 1020. The predicted molar refractivity (Wildman–Crippen MR) is 119 cm³/mol. The normalized spacial score (nSPS) is 16.4. The highest BCUT2D eigenvalue weighted by molar-refractivity contribution is 5.94. The SMILES string of the molecule is Cc1ncc(-c2ccncc2)c([C@H]2CCCN(C(=O)c3ccc(N(C)C)cc3)C2)n1. The van der Waals surface area contributed by atoms with Crippen molar-refractivity contribution in [2.75, 3.05) is 32.1 Å². The van der Waals surface area contributed by atoms with E-state index in [0.717, 1.165) is 53.3 Å². The lowest BCUT2D eigenvalue weighted by Gasteiger charge is -2.33. The van der Waals surface area contributed by atoms with Gasteiger partial charge in [0.2, 0.25) is 0 Å². The zero-order valence-electron chi connectivity index (χ0n) is 17.7. The number of amides is 1. The van der Waals surface area contributed by atoms with Gasteiger partial charge in [0, 0.05) is 68.5 Å². The summed E-state index contributed by atoms with van der Waals surface area (Å²) in [6.45, 7) is 3.36. The van der Waals surface area contributed by atoms with Gasteiger partial charge in [-0.25, -0.2) is 9.97 Å². The molecule has 6 heteroatoms. The quantitative estimate of drug-likeness (QED) is 0.663. The Hall–Kier alpha value is -3.28. The second kappa shape index (κ2) is 8.61. The lowest BCUT2D eigenvalue weighted by molar-refractivity contribution is 0.0706. The first-order valence-corrected chi connectivity index (χ1v) is 10.3. The Morgan fingerprint density at radius 1 is 1.10 bits per heavy atom. The largest absolute Gasteiger partial charge is 0.378 e. The molecule has 1 atom stereocenters. The maximum absolute atomic E-state index is 13.2. The van der Waals surface area contributed by atoms with Crippen molar-refractivity contribution in [1.29, 1.82) is 0 Å². The van der Waals surface area contributed by atoms with Crippen LogP contribution in [0.25, 0.3) is 11.1 Å². The van der Waals surface area contributed by atoms with Crippen molar-refractivity contribution in [2.24, 2.45) is 0 Å². The Labute approximate surface area is 177 Å². The van der Waals surface area contributed by atoms with Crippen LogP contribution in [0.5, 0.6) is 0 Å². The number of hydrogen-bond donors (Lipinski definition) is 0. The van der Waals surface area contributed by atoms with Crippen LogP contribution in [0.2, 0.25) is 0 Å². The molecule has 0 N–H and O–H groups in total. The van der Waals surface area contributed by atoms with Crippen molar-refractivity contribution in [3.8, 4) is 11.1 Å². The molecule has 4 rings (SSSR count). The second-order valence-corrected chi connectivity index (χ2v) is 7.98. The lowest BCUT2D eigenvalue weighted by Crippen LogP contribution is -2.39. The number of aromatic nitrogens is 3. The number of piperidine rings is 1. The molecule has 30 heavy (non-hydrogen) atoms. The van der Waals surface area contributed by atoms with Crippen molar-refractivity contribution in [3.05, 3.63) is 72.1 Å². The first-order chi connectivity index (χ1) is 14.5. The van der Waals surface area contributed by atoms with E-state index in [9.17, 15) is 4.79 Å². The summed E-state index contributed by atoms with van der Waals surface area (Å²) in [6, 6.07) is 11.8. The molecule has 3 aromatic rings. The van der Waals surface area contributed by atoms with E-state index < -0.39 is 0 Å². The molecule has 6 nitrogen and oxygen atoms in total. The van der Waals surface area contributed by atoms with Gasteiger partial charge in [-0.05, 0) is 61.7 Å². The van der Waals surface area contributed by atoms with E-state index in [1.165, 1.54) is 0 Å². The summed E-state index contributed by atoms with van der Waals surface area (Å²) < 4.78 is 0. The number of rotatable bonds is 4. The first kappa shape index (κ1) is 20.0. The number of benzene rings is 1. The van der Waals surface area contributed by atoms with Crippen LogP contribution in [0, 0.1) is 6.92 Å². The zero-order valence-corrected chi connectivity index (χ0v) is 17.7. The number of nitrogens with zero attached hydrogens (tertiary/aromatic N) is 5. The van der Waals surface area contributed by atoms with Gasteiger partial charge in [0.15, 0.2) is 0 Å². The molecule has 1 aliphatic heterocycles. The van der Waals surface area contributed by atoms with Gasteiger partial charge in [-0.1, -0.05) is 0 Å². The van der Waals surface area contributed by atoms with Crippen LogP contribution in [0.4, 0.5) is 5.69 Å². The fraction of sp³-hybridized carbons (Fsp3) is 0.333. The molecule has 1 fully saturated rings. The van der Waals surface area contributed by atoms with Crippen LogP contribution in [0.3, 0.4) is 0 Å². The number of hydrogen-bond acceptors (Lipinski definition) is 5. The second-order valence-electron chi connectivity index (χ2n) is 7.98. The number of anilines is 1. The van der Waals surface area contributed by atoms with Crippen LogP contribution in [0.15, 0.2) is 55.0 Å². The molecule has 0 radical (unpaired) electrons. The van der Waals surface area contributed by atoms with E-state index in [4.69, 9.17) is 4.98 Å². The number of likely N-dealkylation sites (tertiary alicyclic amines) is 1. The van der Waals surface area contributed by atoms with Gasteiger partial charge in [-0.2, -0.15) is 0 Å². The Balaban J connectivity index is 1.59. The van der Waals surface area contributed by atoms with E-state index in [2.05, 4.69) is 9.97 Å². The molecule has 0 saturated carbocycles. The minimum atomic E-state index is 0.0845. The van der Waals surface area contributed by atoms with Gasteiger partial charge in [0.05, 0.1) is 5.69 Å². The van der Waals surface area contributed by atoms with E-state index in [1.807, 2.05) is 73.4 Å². The zero-order chi connectivity index (χ0) is 21.1. The molecule has 0 bridgehead atoms. The van der Waals surface area contributed by atoms with Crippen LogP contribution in [-0.4, -0.2) is 52.9 Å². The summed E-state index contributed by atoms with van der Waals surface area (Å²) in [6.07, 6.45) is 7.44. The third-order valence-corrected chi connectivity index (χ3v) is 5.66. The highest BCUT2D eigenvalue weighted by Gasteiger charge is 2.28. The molecule has 154 valence electrons. The Morgan fingerprint density at radius 3 is 2.53 bits per heavy atom. The summed E-state index contributed by atoms with van der Waals surface area (Å²) in [5.74, 6) is 1.03. The fourth-order valence-corrected chi connectivity index (χ4v) is 4.02. The van der Waals surface area contributed by atoms with Crippen molar-refractivity contribution in [2.45, 2.75) is 25.7 Å². The van der Waals surface area contributed by atoms with Crippen molar-refractivity contribution < 1.29 is 4.79 Å².